The second kappa shape index (κ2) is 4.71. The van der Waals surface area contributed by atoms with E-state index in [0.29, 0.717) is 12.0 Å². The first-order valence-corrected chi connectivity index (χ1v) is 10.5. The molecule has 2 nitrogen and oxygen atoms in total. The van der Waals surface area contributed by atoms with Crippen molar-refractivity contribution < 1.29 is 9.16 Å². The molecular formula is C16H30O2Si. The summed E-state index contributed by atoms with van der Waals surface area (Å²) in [6.45, 7) is 18.6. The quantitative estimate of drug-likeness (QED) is 0.429. The fourth-order valence-electron chi connectivity index (χ4n) is 2.69. The van der Waals surface area contributed by atoms with E-state index in [0.717, 1.165) is 19.4 Å². The summed E-state index contributed by atoms with van der Waals surface area (Å²) < 4.78 is 12.4. The summed E-state index contributed by atoms with van der Waals surface area (Å²) in [5, 5.41) is 0.281. The minimum Gasteiger partial charge on any atom is -0.414 e. The van der Waals surface area contributed by atoms with Gasteiger partial charge in [0.05, 0.1) is 12.7 Å². The number of hydrogen-bond acceptors (Lipinski definition) is 2. The van der Waals surface area contributed by atoms with Crippen molar-refractivity contribution in [1.29, 1.82) is 0 Å². The first-order valence-electron chi connectivity index (χ1n) is 7.55. The van der Waals surface area contributed by atoms with Gasteiger partial charge in [0.15, 0.2) is 8.32 Å². The molecule has 0 aromatic carbocycles. The molecule has 0 aromatic heterocycles. The van der Waals surface area contributed by atoms with Crippen molar-refractivity contribution in [3.05, 3.63) is 12.2 Å². The second-order valence-corrected chi connectivity index (χ2v) is 12.8. The molecule has 2 fully saturated rings. The lowest BCUT2D eigenvalue weighted by molar-refractivity contribution is 0.164. The monoisotopic (exact) mass is 282 g/mol. The van der Waals surface area contributed by atoms with Gasteiger partial charge in [-0.15, -0.1) is 0 Å². The van der Waals surface area contributed by atoms with E-state index in [1.807, 2.05) is 0 Å². The summed E-state index contributed by atoms with van der Waals surface area (Å²) in [5.41, 5.74) is 1.37. The fraction of sp³-hybridized carbons (Fsp3) is 0.875. The average molecular weight is 282 g/mol. The molecule has 0 radical (unpaired) electrons. The van der Waals surface area contributed by atoms with Gasteiger partial charge in [0.2, 0.25) is 0 Å². The number of hydrogen-bond donors (Lipinski definition) is 0. The minimum absolute atomic E-state index is 0.0570. The molecule has 19 heavy (non-hydrogen) atoms. The van der Waals surface area contributed by atoms with E-state index in [2.05, 4.69) is 47.4 Å². The van der Waals surface area contributed by atoms with Gasteiger partial charge in [-0.2, -0.15) is 0 Å². The maximum atomic E-state index is 6.37. The second-order valence-electron chi connectivity index (χ2n) is 8.04. The van der Waals surface area contributed by atoms with Crippen molar-refractivity contribution >= 4 is 8.32 Å². The van der Waals surface area contributed by atoms with E-state index in [1.54, 1.807) is 0 Å². The Labute approximate surface area is 119 Å². The molecule has 1 aliphatic carbocycles. The van der Waals surface area contributed by atoms with Gasteiger partial charge in [-0.1, -0.05) is 32.9 Å². The van der Waals surface area contributed by atoms with Gasteiger partial charge >= 0.3 is 0 Å². The number of rotatable bonds is 4. The molecule has 0 aromatic rings. The van der Waals surface area contributed by atoms with Crippen molar-refractivity contribution in [2.45, 2.75) is 76.8 Å². The summed E-state index contributed by atoms with van der Waals surface area (Å²) in [7, 11) is -1.65. The molecule has 110 valence electrons. The molecule has 1 heterocycles. The standard InChI is InChI=1S/C16H30O2Si/c1-12(2)13-8-9-16(14(10-13)18-16)11-17-19(6,7)15(3,4)5/h13-14H,1,8-11H2,2-7H3/t13-,14?,16?/m1/s1. The van der Waals surface area contributed by atoms with Crippen LogP contribution in [0.1, 0.15) is 47.0 Å². The Hall–Kier alpha value is -0.123. The zero-order valence-electron chi connectivity index (χ0n) is 13.5. The lowest BCUT2D eigenvalue weighted by Gasteiger charge is -2.37. The van der Waals surface area contributed by atoms with Gasteiger partial charge in [-0.3, -0.25) is 0 Å². The number of fused-ring (bicyclic) bond motifs is 1. The molecule has 1 saturated carbocycles. The third-order valence-corrected chi connectivity index (χ3v) is 9.98. The van der Waals surface area contributed by atoms with Crippen molar-refractivity contribution in [1.82, 2.24) is 0 Å². The summed E-state index contributed by atoms with van der Waals surface area (Å²) in [5.74, 6) is 0.661. The first-order chi connectivity index (χ1) is 8.57. The first kappa shape index (κ1) is 15.3. The van der Waals surface area contributed by atoms with Gasteiger partial charge in [-0.05, 0) is 50.2 Å². The van der Waals surface area contributed by atoms with E-state index in [1.165, 1.54) is 12.0 Å². The van der Waals surface area contributed by atoms with Crippen LogP contribution in [-0.4, -0.2) is 26.6 Å². The van der Waals surface area contributed by atoms with Gasteiger partial charge in [0.1, 0.15) is 5.60 Å². The van der Waals surface area contributed by atoms with Gasteiger partial charge < -0.3 is 9.16 Å². The van der Waals surface area contributed by atoms with Crippen LogP contribution in [0.2, 0.25) is 18.1 Å². The number of epoxide rings is 1. The third-order valence-electron chi connectivity index (χ3n) is 5.50. The topological polar surface area (TPSA) is 21.8 Å². The van der Waals surface area contributed by atoms with Crippen LogP contribution < -0.4 is 0 Å². The van der Waals surface area contributed by atoms with Crippen molar-refractivity contribution in [3.8, 4) is 0 Å². The lowest BCUT2D eigenvalue weighted by atomic mass is 9.79. The Morgan fingerprint density at radius 2 is 2.05 bits per heavy atom. The lowest BCUT2D eigenvalue weighted by Crippen LogP contribution is -2.44. The van der Waals surface area contributed by atoms with Crippen LogP contribution >= 0.6 is 0 Å². The summed E-state index contributed by atoms with van der Waals surface area (Å²) in [6.07, 6.45) is 3.93. The largest absolute Gasteiger partial charge is 0.414 e. The van der Waals surface area contributed by atoms with Gasteiger partial charge in [0.25, 0.3) is 0 Å². The molecule has 3 atom stereocenters. The molecule has 2 aliphatic rings. The van der Waals surface area contributed by atoms with Gasteiger partial charge in [-0.25, -0.2) is 0 Å². The Morgan fingerprint density at radius 3 is 2.53 bits per heavy atom. The van der Waals surface area contributed by atoms with Gasteiger partial charge in [0, 0.05) is 0 Å². The summed E-state index contributed by atoms with van der Waals surface area (Å²) >= 11 is 0. The average Bonchev–Trinajstić information content (AvgIpc) is 2.98. The van der Waals surface area contributed by atoms with Crippen LogP contribution in [0.5, 0.6) is 0 Å². The minimum atomic E-state index is -1.65. The Bertz CT molecular complexity index is 369. The molecule has 1 aliphatic heterocycles. The van der Waals surface area contributed by atoms with Crippen LogP contribution in [0.3, 0.4) is 0 Å². The molecule has 0 bridgehead atoms. The summed E-state index contributed by atoms with van der Waals surface area (Å²) in [4.78, 5) is 0. The normalized spacial score (nSPS) is 34.8. The van der Waals surface area contributed by atoms with Crippen molar-refractivity contribution in [3.63, 3.8) is 0 Å². The van der Waals surface area contributed by atoms with Crippen LogP contribution in [-0.2, 0) is 9.16 Å². The van der Waals surface area contributed by atoms with Crippen LogP contribution in [0.25, 0.3) is 0 Å². The molecule has 1 saturated heterocycles. The third kappa shape index (κ3) is 2.98. The van der Waals surface area contributed by atoms with Crippen LogP contribution in [0.4, 0.5) is 0 Å². The van der Waals surface area contributed by atoms with E-state index in [4.69, 9.17) is 9.16 Å². The predicted octanol–water partition coefficient (Wildman–Crippen LogP) is 4.52. The molecule has 2 rings (SSSR count). The maximum absolute atomic E-state index is 6.37. The zero-order valence-corrected chi connectivity index (χ0v) is 14.5. The molecule has 0 amide bonds. The van der Waals surface area contributed by atoms with E-state index < -0.39 is 8.32 Å². The Balaban J connectivity index is 1.89. The van der Waals surface area contributed by atoms with Crippen LogP contribution in [0, 0.1) is 5.92 Å². The van der Waals surface area contributed by atoms with E-state index >= 15 is 0 Å². The predicted molar refractivity (Wildman–Crippen MR) is 82.9 cm³/mol. The van der Waals surface area contributed by atoms with Crippen molar-refractivity contribution in [2.75, 3.05) is 6.61 Å². The Morgan fingerprint density at radius 1 is 1.42 bits per heavy atom. The molecule has 3 heteroatoms. The highest BCUT2D eigenvalue weighted by Crippen LogP contribution is 2.52. The highest BCUT2D eigenvalue weighted by molar-refractivity contribution is 6.74. The highest BCUT2D eigenvalue weighted by Gasteiger charge is 2.59. The molecule has 0 spiro atoms. The molecule has 2 unspecified atom stereocenters. The van der Waals surface area contributed by atoms with E-state index in [9.17, 15) is 0 Å². The zero-order chi connectivity index (χ0) is 14.5. The van der Waals surface area contributed by atoms with Crippen LogP contribution in [0.15, 0.2) is 12.2 Å². The smallest absolute Gasteiger partial charge is 0.192 e. The SMILES string of the molecule is C=C(C)[C@@H]1CCC2(CO[Si](C)(C)C(C)(C)C)OC2C1. The fourth-order valence-corrected chi connectivity index (χ4v) is 3.73. The van der Waals surface area contributed by atoms with E-state index in [-0.39, 0.29) is 10.6 Å². The molecule has 0 N–H and O–H groups in total. The summed E-state index contributed by atoms with van der Waals surface area (Å²) in [6, 6.07) is 0. The Kier molecular flexibility index (Phi) is 3.79. The number of ether oxygens (including phenoxy) is 1. The highest BCUT2D eigenvalue weighted by atomic mass is 28.4. The molecular weight excluding hydrogens is 252 g/mol. The van der Waals surface area contributed by atoms with Crippen molar-refractivity contribution in [2.24, 2.45) is 5.92 Å². The number of allylic oxidation sites excluding steroid dienone is 1. The maximum Gasteiger partial charge on any atom is 0.192 e.